The van der Waals surface area contributed by atoms with Gasteiger partial charge in [-0.15, -0.1) is 11.3 Å². The molecule has 1 aliphatic carbocycles. The summed E-state index contributed by atoms with van der Waals surface area (Å²) in [5, 5.41) is 14.1. The normalized spacial score (nSPS) is 12.4. The number of halogens is 1. The highest BCUT2D eigenvalue weighted by Crippen LogP contribution is 2.41. The first kappa shape index (κ1) is 14.1. The Morgan fingerprint density at radius 2 is 2.25 bits per heavy atom. The van der Waals surface area contributed by atoms with Gasteiger partial charge in [-0.2, -0.15) is 10.2 Å². The smallest absolute Gasteiger partial charge is 0.137 e. The van der Waals surface area contributed by atoms with Crippen molar-refractivity contribution in [2.75, 3.05) is 0 Å². The van der Waals surface area contributed by atoms with Gasteiger partial charge >= 0.3 is 0 Å². The Balaban J connectivity index is 1.51. The van der Waals surface area contributed by atoms with E-state index in [4.69, 9.17) is 0 Å². The summed E-state index contributed by atoms with van der Waals surface area (Å²) in [5.74, 6) is 0. The second kappa shape index (κ2) is 5.39. The third-order valence-corrected chi connectivity index (χ3v) is 5.83. The molecular formula is C17H12BrN5S. The van der Waals surface area contributed by atoms with E-state index in [9.17, 15) is 0 Å². The number of benzene rings is 1. The van der Waals surface area contributed by atoms with Crippen molar-refractivity contribution < 1.29 is 0 Å². The summed E-state index contributed by atoms with van der Waals surface area (Å²) in [6.07, 6.45) is 4.22. The molecule has 7 heteroatoms. The van der Waals surface area contributed by atoms with E-state index in [-0.39, 0.29) is 0 Å². The number of aromatic amines is 1. The predicted octanol–water partition coefficient (Wildman–Crippen LogP) is 4.11. The van der Waals surface area contributed by atoms with E-state index in [0.717, 1.165) is 28.1 Å². The second-order valence-corrected chi connectivity index (χ2v) is 8.12. The molecule has 1 aliphatic rings. The molecule has 0 saturated carbocycles. The maximum atomic E-state index is 4.54. The lowest BCUT2D eigenvalue weighted by Gasteiger charge is -2.05. The lowest BCUT2D eigenvalue weighted by molar-refractivity contribution is 0.684. The van der Waals surface area contributed by atoms with Crippen LogP contribution in [0.5, 0.6) is 0 Å². The van der Waals surface area contributed by atoms with Crippen molar-refractivity contribution in [3.05, 3.63) is 62.8 Å². The second-order valence-electron chi connectivity index (χ2n) is 5.83. The van der Waals surface area contributed by atoms with Gasteiger partial charge in [-0.25, -0.2) is 9.67 Å². The van der Waals surface area contributed by atoms with Gasteiger partial charge in [-0.3, -0.25) is 5.10 Å². The van der Waals surface area contributed by atoms with Crippen molar-refractivity contribution in [2.24, 2.45) is 0 Å². The number of nitrogens with zero attached hydrogens (tertiary/aromatic N) is 4. The van der Waals surface area contributed by atoms with Crippen molar-refractivity contribution >= 4 is 27.3 Å². The average molecular weight is 398 g/mol. The summed E-state index contributed by atoms with van der Waals surface area (Å²) in [7, 11) is 0. The first-order chi connectivity index (χ1) is 11.8. The van der Waals surface area contributed by atoms with Crippen LogP contribution in [0.2, 0.25) is 0 Å². The van der Waals surface area contributed by atoms with Crippen LogP contribution >= 0.6 is 27.3 Å². The van der Waals surface area contributed by atoms with Crippen LogP contribution < -0.4 is 0 Å². The van der Waals surface area contributed by atoms with Crippen LogP contribution in [-0.2, 0) is 13.0 Å². The molecule has 5 rings (SSSR count). The van der Waals surface area contributed by atoms with Crippen molar-refractivity contribution in [1.82, 2.24) is 25.0 Å². The highest BCUT2D eigenvalue weighted by Gasteiger charge is 2.25. The zero-order valence-corrected chi connectivity index (χ0v) is 14.9. The zero-order chi connectivity index (χ0) is 16.1. The molecule has 0 amide bonds. The van der Waals surface area contributed by atoms with Gasteiger partial charge in [-0.1, -0.05) is 18.2 Å². The highest BCUT2D eigenvalue weighted by atomic mass is 79.9. The van der Waals surface area contributed by atoms with Gasteiger partial charge in [0.15, 0.2) is 0 Å². The molecule has 0 atom stereocenters. The third kappa shape index (κ3) is 2.23. The Hall–Kier alpha value is -2.25. The summed E-state index contributed by atoms with van der Waals surface area (Å²) in [4.78, 5) is 4.00. The fourth-order valence-corrected chi connectivity index (χ4v) is 4.40. The molecule has 118 valence electrons. The Kier molecular flexibility index (Phi) is 3.17. The van der Waals surface area contributed by atoms with E-state index in [1.54, 1.807) is 24.0 Å². The number of H-pyrrole nitrogens is 1. The fourth-order valence-electron chi connectivity index (χ4n) is 3.26. The lowest BCUT2D eigenvalue weighted by atomic mass is 10.1. The molecule has 1 N–H and O–H groups in total. The van der Waals surface area contributed by atoms with Crippen LogP contribution in [-0.4, -0.2) is 25.0 Å². The molecule has 0 saturated heterocycles. The SMILES string of the molecule is Brc1cc(-c2n[nH]c3c2Cc2cc(Cn4cncn4)ccc2-3)cs1. The number of rotatable bonds is 3. The van der Waals surface area contributed by atoms with Gasteiger partial charge in [0.05, 0.1) is 21.7 Å². The van der Waals surface area contributed by atoms with Crippen molar-refractivity contribution in [2.45, 2.75) is 13.0 Å². The molecule has 4 aromatic rings. The van der Waals surface area contributed by atoms with E-state index >= 15 is 0 Å². The number of fused-ring (bicyclic) bond motifs is 3. The molecular weight excluding hydrogens is 386 g/mol. The molecule has 1 aromatic carbocycles. The molecule has 0 fully saturated rings. The molecule has 3 aromatic heterocycles. The Bertz CT molecular complexity index is 1030. The average Bonchev–Trinajstić information content (AvgIpc) is 3.31. The number of thiophene rings is 1. The van der Waals surface area contributed by atoms with E-state index in [0.29, 0.717) is 0 Å². The zero-order valence-electron chi connectivity index (χ0n) is 12.5. The van der Waals surface area contributed by atoms with E-state index in [2.05, 4.69) is 65.9 Å². The standard InChI is InChI=1S/C17H12BrN5S/c18-15-5-12(7-24-15)16-14-4-11-3-10(6-23-9-19-8-20-23)1-2-13(11)17(14)22-21-16/h1-3,5,7-9H,4,6H2,(H,21,22). The van der Waals surface area contributed by atoms with Gasteiger partial charge in [0.2, 0.25) is 0 Å². The minimum absolute atomic E-state index is 0.740. The summed E-state index contributed by atoms with van der Waals surface area (Å²) in [6, 6.07) is 8.72. The largest absolute Gasteiger partial charge is 0.277 e. The Labute approximate surface area is 150 Å². The van der Waals surface area contributed by atoms with Crippen LogP contribution in [0.25, 0.3) is 22.5 Å². The highest BCUT2D eigenvalue weighted by molar-refractivity contribution is 9.11. The van der Waals surface area contributed by atoms with Gasteiger partial charge in [-0.05, 0) is 33.1 Å². The first-order valence-corrected chi connectivity index (χ1v) is 9.21. The molecule has 3 heterocycles. The van der Waals surface area contributed by atoms with E-state index in [1.807, 2.05) is 4.68 Å². The Morgan fingerprint density at radius 1 is 1.29 bits per heavy atom. The van der Waals surface area contributed by atoms with Crippen LogP contribution in [0.15, 0.2) is 46.1 Å². The van der Waals surface area contributed by atoms with E-state index in [1.165, 1.54) is 27.8 Å². The van der Waals surface area contributed by atoms with Gasteiger partial charge in [0.25, 0.3) is 0 Å². The monoisotopic (exact) mass is 397 g/mol. The summed E-state index contributed by atoms with van der Waals surface area (Å²) < 4.78 is 2.96. The fraction of sp³-hybridized carbons (Fsp3) is 0.118. The number of aromatic nitrogens is 5. The summed E-state index contributed by atoms with van der Waals surface area (Å²) >= 11 is 5.22. The topological polar surface area (TPSA) is 59.4 Å². The maximum Gasteiger partial charge on any atom is 0.137 e. The van der Waals surface area contributed by atoms with E-state index < -0.39 is 0 Å². The van der Waals surface area contributed by atoms with Crippen molar-refractivity contribution in [3.8, 4) is 22.5 Å². The van der Waals surface area contributed by atoms with Crippen LogP contribution in [0.4, 0.5) is 0 Å². The predicted molar refractivity (Wildman–Crippen MR) is 97.0 cm³/mol. The molecule has 0 radical (unpaired) electrons. The van der Waals surface area contributed by atoms with Crippen molar-refractivity contribution in [1.29, 1.82) is 0 Å². The van der Waals surface area contributed by atoms with Crippen LogP contribution in [0.1, 0.15) is 16.7 Å². The molecule has 24 heavy (non-hydrogen) atoms. The minimum Gasteiger partial charge on any atom is -0.277 e. The lowest BCUT2D eigenvalue weighted by Crippen LogP contribution is -2.00. The molecule has 0 aliphatic heterocycles. The summed E-state index contributed by atoms with van der Waals surface area (Å²) in [5.41, 5.74) is 8.48. The maximum absolute atomic E-state index is 4.54. The molecule has 0 bridgehead atoms. The third-order valence-electron chi connectivity index (χ3n) is 4.33. The molecule has 0 unspecified atom stereocenters. The first-order valence-electron chi connectivity index (χ1n) is 7.54. The van der Waals surface area contributed by atoms with Crippen LogP contribution in [0.3, 0.4) is 0 Å². The van der Waals surface area contributed by atoms with Gasteiger partial charge < -0.3 is 0 Å². The van der Waals surface area contributed by atoms with Gasteiger partial charge in [0.1, 0.15) is 12.7 Å². The minimum atomic E-state index is 0.740. The molecule has 5 nitrogen and oxygen atoms in total. The molecule has 0 spiro atoms. The Morgan fingerprint density at radius 3 is 3.04 bits per heavy atom. The number of nitrogens with one attached hydrogen (secondary N) is 1. The summed E-state index contributed by atoms with van der Waals surface area (Å²) in [6.45, 7) is 0.740. The van der Waals surface area contributed by atoms with Crippen LogP contribution in [0, 0.1) is 0 Å². The van der Waals surface area contributed by atoms with Crippen molar-refractivity contribution in [3.63, 3.8) is 0 Å². The van der Waals surface area contributed by atoms with Gasteiger partial charge in [0, 0.05) is 28.5 Å². The quantitative estimate of drug-likeness (QED) is 0.498. The number of hydrogen-bond donors (Lipinski definition) is 1. The number of hydrogen-bond acceptors (Lipinski definition) is 4.